The summed E-state index contributed by atoms with van der Waals surface area (Å²) in [6.07, 6.45) is 0. The van der Waals surface area contributed by atoms with Gasteiger partial charge in [-0.1, -0.05) is 41.4 Å². The molecule has 3 rings (SSSR count). The zero-order chi connectivity index (χ0) is 14.8. The van der Waals surface area contributed by atoms with E-state index in [0.29, 0.717) is 16.6 Å². The zero-order valence-corrected chi connectivity index (χ0v) is 13.6. The molecule has 0 aromatic heterocycles. The first-order valence-electron chi connectivity index (χ1n) is 6.53. The Morgan fingerprint density at radius 3 is 2.48 bits per heavy atom. The Morgan fingerprint density at radius 1 is 1.05 bits per heavy atom. The first kappa shape index (κ1) is 14.8. The Bertz CT molecular complexity index is 683. The molecule has 0 spiro atoms. The second-order valence-corrected chi connectivity index (χ2v) is 6.37. The van der Waals surface area contributed by atoms with Gasteiger partial charge in [0.1, 0.15) is 0 Å². The van der Waals surface area contributed by atoms with Crippen LogP contribution in [-0.4, -0.2) is 5.88 Å². The van der Waals surface area contributed by atoms with E-state index in [1.165, 1.54) is 0 Å². The van der Waals surface area contributed by atoms with Crippen molar-refractivity contribution in [2.45, 2.75) is 6.54 Å². The van der Waals surface area contributed by atoms with Gasteiger partial charge in [0, 0.05) is 17.8 Å². The fraction of sp³-hybridized carbons (Fsp3) is 0.125. The molecule has 0 aliphatic carbocycles. The van der Waals surface area contributed by atoms with Crippen molar-refractivity contribution in [1.29, 1.82) is 0 Å². The van der Waals surface area contributed by atoms with Gasteiger partial charge in [-0.15, -0.1) is 11.8 Å². The minimum atomic E-state index is 0.560. The predicted octanol–water partition coefficient (Wildman–Crippen LogP) is 4.96. The van der Waals surface area contributed by atoms with Crippen molar-refractivity contribution in [2.24, 2.45) is 5.73 Å². The van der Waals surface area contributed by atoms with Gasteiger partial charge in [-0.2, -0.15) is 0 Å². The molecule has 0 saturated heterocycles. The van der Waals surface area contributed by atoms with Crippen LogP contribution in [0.15, 0.2) is 47.9 Å². The van der Waals surface area contributed by atoms with Crippen molar-refractivity contribution in [3.8, 4) is 0 Å². The fourth-order valence-electron chi connectivity index (χ4n) is 2.23. The normalized spacial score (nSPS) is 14.4. The number of rotatable bonds is 3. The van der Waals surface area contributed by atoms with Crippen LogP contribution in [0, 0.1) is 0 Å². The molecule has 0 unspecified atom stereocenters. The van der Waals surface area contributed by atoms with Crippen molar-refractivity contribution in [3.63, 3.8) is 0 Å². The summed E-state index contributed by atoms with van der Waals surface area (Å²) in [5, 5.41) is 3.30. The summed E-state index contributed by atoms with van der Waals surface area (Å²) < 4.78 is 0. The molecule has 2 N–H and O–H groups in total. The molecule has 108 valence electrons. The molecule has 1 heterocycles. The van der Waals surface area contributed by atoms with Crippen molar-refractivity contribution >= 4 is 46.3 Å². The van der Waals surface area contributed by atoms with Crippen LogP contribution in [0.2, 0.25) is 10.0 Å². The lowest BCUT2D eigenvalue weighted by molar-refractivity contribution is 1.07. The van der Waals surface area contributed by atoms with Crippen molar-refractivity contribution in [1.82, 2.24) is 0 Å². The van der Waals surface area contributed by atoms with Crippen LogP contribution in [-0.2, 0) is 6.54 Å². The van der Waals surface area contributed by atoms with Crippen LogP contribution in [0.3, 0.4) is 0 Å². The van der Waals surface area contributed by atoms with Crippen LogP contribution in [0.4, 0.5) is 5.69 Å². The molecule has 2 aromatic rings. The molecule has 0 bridgehead atoms. The monoisotopic (exact) mass is 336 g/mol. The quantitative estimate of drug-likeness (QED) is 0.858. The van der Waals surface area contributed by atoms with Crippen molar-refractivity contribution < 1.29 is 0 Å². The molecular formula is C16H14Cl2N2S. The number of halogens is 2. The predicted molar refractivity (Wildman–Crippen MR) is 93.7 cm³/mol. The van der Waals surface area contributed by atoms with Gasteiger partial charge in [0.2, 0.25) is 0 Å². The first-order valence-corrected chi connectivity index (χ1v) is 8.33. The minimum Gasteiger partial charge on any atom is -0.330 e. The molecule has 0 fully saturated rings. The summed E-state index contributed by atoms with van der Waals surface area (Å²) in [6.45, 7) is 0.560. The molecule has 0 atom stereocenters. The van der Waals surface area contributed by atoms with Gasteiger partial charge in [0.05, 0.1) is 21.6 Å². The van der Waals surface area contributed by atoms with Gasteiger partial charge in [-0.25, -0.2) is 0 Å². The Kier molecular flexibility index (Phi) is 4.45. The summed E-state index contributed by atoms with van der Waals surface area (Å²) in [6, 6.07) is 14.0. The highest BCUT2D eigenvalue weighted by Crippen LogP contribution is 2.37. The van der Waals surface area contributed by atoms with Crippen molar-refractivity contribution in [3.05, 3.63) is 69.0 Å². The lowest BCUT2D eigenvalue weighted by atomic mass is 10.1. The number of thioether (sulfide) groups is 1. The molecule has 1 aliphatic heterocycles. The summed E-state index contributed by atoms with van der Waals surface area (Å²) in [4.78, 5) is 2.25. The smallest absolute Gasteiger partial charge is 0.0729 e. The number of nitrogens with two attached hydrogens (primary N) is 1. The van der Waals surface area contributed by atoms with E-state index >= 15 is 0 Å². The molecule has 0 radical (unpaired) electrons. The van der Waals surface area contributed by atoms with Gasteiger partial charge in [-0.05, 0) is 35.2 Å². The largest absolute Gasteiger partial charge is 0.330 e. The van der Waals surface area contributed by atoms with E-state index in [1.807, 2.05) is 18.2 Å². The molecular weight excluding hydrogens is 323 g/mol. The van der Waals surface area contributed by atoms with Gasteiger partial charge in [-0.3, -0.25) is 0 Å². The van der Waals surface area contributed by atoms with Crippen LogP contribution < -0.4 is 10.6 Å². The number of nitrogens with zero attached hydrogens (tertiary/aromatic N) is 1. The summed E-state index contributed by atoms with van der Waals surface area (Å²) >= 11 is 13.9. The fourth-order valence-corrected chi connectivity index (χ4v) is 3.46. The van der Waals surface area contributed by atoms with Crippen molar-refractivity contribution in [2.75, 3.05) is 10.8 Å². The van der Waals surface area contributed by atoms with Crippen LogP contribution >= 0.6 is 35.0 Å². The molecule has 2 aromatic carbocycles. The third-order valence-electron chi connectivity index (χ3n) is 3.39. The molecule has 0 amide bonds. The van der Waals surface area contributed by atoms with E-state index < -0.39 is 0 Å². The molecule has 1 aliphatic rings. The molecule has 21 heavy (non-hydrogen) atoms. The summed E-state index contributed by atoms with van der Waals surface area (Å²) in [7, 11) is 0. The van der Waals surface area contributed by atoms with E-state index in [4.69, 9.17) is 28.9 Å². The van der Waals surface area contributed by atoms with E-state index in [0.717, 1.165) is 28.4 Å². The SMILES string of the molecule is NCc1ccc(N2CSC=C2c2ccc(Cl)c(Cl)c2)cc1. The Labute approximate surface area is 138 Å². The molecule has 0 saturated carbocycles. The lowest BCUT2D eigenvalue weighted by Crippen LogP contribution is -2.16. The van der Waals surface area contributed by atoms with E-state index in [9.17, 15) is 0 Å². The second-order valence-electron chi connectivity index (χ2n) is 4.73. The van der Waals surface area contributed by atoms with Crippen LogP contribution in [0.25, 0.3) is 5.70 Å². The van der Waals surface area contributed by atoms with Gasteiger partial charge in [0.25, 0.3) is 0 Å². The van der Waals surface area contributed by atoms with Gasteiger partial charge >= 0.3 is 0 Å². The standard InChI is InChI=1S/C16H14Cl2N2S/c17-14-6-3-12(7-15(14)18)16-9-21-10-20(16)13-4-1-11(8-19)2-5-13/h1-7,9H,8,10,19H2. The summed E-state index contributed by atoms with van der Waals surface area (Å²) in [5.74, 6) is 0.886. The number of benzene rings is 2. The molecule has 2 nitrogen and oxygen atoms in total. The first-order chi connectivity index (χ1) is 10.2. The number of hydrogen-bond acceptors (Lipinski definition) is 3. The Hall–Kier alpha value is -1.13. The van der Waals surface area contributed by atoms with Crippen LogP contribution in [0.5, 0.6) is 0 Å². The minimum absolute atomic E-state index is 0.560. The average molecular weight is 337 g/mol. The van der Waals surface area contributed by atoms with E-state index in [2.05, 4.69) is 34.6 Å². The second kappa shape index (κ2) is 6.32. The zero-order valence-electron chi connectivity index (χ0n) is 11.2. The summed E-state index contributed by atoms with van der Waals surface area (Å²) in [5.41, 5.74) is 10.1. The Balaban J connectivity index is 1.92. The highest BCUT2D eigenvalue weighted by molar-refractivity contribution is 8.02. The highest BCUT2D eigenvalue weighted by atomic mass is 35.5. The van der Waals surface area contributed by atoms with E-state index in [-0.39, 0.29) is 0 Å². The maximum Gasteiger partial charge on any atom is 0.0729 e. The van der Waals surface area contributed by atoms with Gasteiger partial charge in [0.15, 0.2) is 0 Å². The number of hydrogen-bond donors (Lipinski definition) is 1. The third kappa shape index (κ3) is 3.06. The maximum absolute atomic E-state index is 6.13. The number of anilines is 1. The topological polar surface area (TPSA) is 29.3 Å². The van der Waals surface area contributed by atoms with E-state index in [1.54, 1.807) is 11.8 Å². The third-order valence-corrected chi connectivity index (χ3v) is 4.92. The lowest BCUT2D eigenvalue weighted by Gasteiger charge is -2.22. The average Bonchev–Trinajstić information content (AvgIpc) is 2.99. The van der Waals surface area contributed by atoms with Gasteiger partial charge < -0.3 is 10.6 Å². The molecule has 5 heteroatoms. The van der Waals surface area contributed by atoms with Crippen LogP contribution in [0.1, 0.15) is 11.1 Å². The Morgan fingerprint density at radius 2 is 1.81 bits per heavy atom. The maximum atomic E-state index is 6.13. The highest BCUT2D eigenvalue weighted by Gasteiger charge is 2.19.